The maximum atomic E-state index is 5.02. The van der Waals surface area contributed by atoms with Crippen molar-refractivity contribution in [2.75, 3.05) is 5.32 Å². The molecule has 0 unspecified atom stereocenters. The third-order valence-electron chi connectivity index (χ3n) is 7.42. The van der Waals surface area contributed by atoms with Gasteiger partial charge in [-0.1, -0.05) is 69.5 Å². The molecule has 7 nitrogen and oxygen atoms in total. The molecule has 1 fully saturated rings. The van der Waals surface area contributed by atoms with Gasteiger partial charge in [0, 0.05) is 30.1 Å². The Kier molecular flexibility index (Phi) is 6.43. The molecule has 0 aliphatic heterocycles. The maximum absolute atomic E-state index is 5.02. The number of benzene rings is 2. The summed E-state index contributed by atoms with van der Waals surface area (Å²) in [7, 11) is 0. The lowest BCUT2D eigenvalue weighted by Crippen LogP contribution is -2.12. The Morgan fingerprint density at radius 2 is 1.81 bits per heavy atom. The fourth-order valence-corrected chi connectivity index (χ4v) is 5.38. The Morgan fingerprint density at radius 3 is 2.62 bits per heavy atom. The first-order valence-electron chi connectivity index (χ1n) is 13.3. The molecule has 0 saturated heterocycles. The van der Waals surface area contributed by atoms with Crippen molar-refractivity contribution in [2.45, 2.75) is 64.3 Å². The van der Waals surface area contributed by atoms with Crippen LogP contribution < -0.4 is 5.32 Å². The van der Waals surface area contributed by atoms with Crippen LogP contribution in [0.5, 0.6) is 0 Å². The van der Waals surface area contributed by atoms with E-state index in [1.165, 1.54) is 37.7 Å². The second kappa shape index (κ2) is 10.2. The molecule has 1 saturated carbocycles. The highest BCUT2D eigenvalue weighted by Gasteiger charge is 2.19. The molecular formula is C30H33N7. The van der Waals surface area contributed by atoms with E-state index in [9.17, 15) is 0 Å². The molecule has 1 aliphatic rings. The fraction of sp³-hybridized carbons (Fsp3) is 0.333. The molecular weight excluding hydrogens is 458 g/mol. The van der Waals surface area contributed by atoms with Crippen molar-refractivity contribution in [3.63, 3.8) is 0 Å². The van der Waals surface area contributed by atoms with Crippen molar-refractivity contribution in [3.8, 4) is 17.1 Å². The molecule has 0 atom stereocenters. The monoisotopic (exact) mass is 491 g/mol. The van der Waals surface area contributed by atoms with E-state index in [-0.39, 0.29) is 0 Å². The average molecular weight is 492 g/mol. The molecule has 2 aromatic carbocycles. The van der Waals surface area contributed by atoms with Crippen LogP contribution in [0.15, 0.2) is 73.2 Å². The Bertz CT molecular complexity index is 1490. The van der Waals surface area contributed by atoms with Crippen LogP contribution in [0.3, 0.4) is 0 Å². The van der Waals surface area contributed by atoms with E-state index >= 15 is 0 Å². The predicted molar refractivity (Wildman–Crippen MR) is 147 cm³/mol. The average Bonchev–Trinajstić information content (AvgIpc) is 3.63. The number of rotatable bonds is 7. The lowest BCUT2D eigenvalue weighted by molar-refractivity contribution is 0.443. The molecule has 3 aromatic heterocycles. The number of anilines is 1. The van der Waals surface area contributed by atoms with Gasteiger partial charge in [0.2, 0.25) is 5.95 Å². The molecule has 6 rings (SSSR count). The Hall–Kier alpha value is -4.00. The van der Waals surface area contributed by atoms with Crippen LogP contribution in [0.2, 0.25) is 0 Å². The number of para-hydroxylation sites is 1. The molecule has 5 aromatic rings. The van der Waals surface area contributed by atoms with Gasteiger partial charge in [0.25, 0.3) is 0 Å². The normalized spacial score (nSPS) is 14.5. The van der Waals surface area contributed by atoms with E-state index in [4.69, 9.17) is 9.97 Å². The summed E-state index contributed by atoms with van der Waals surface area (Å²) in [5.41, 5.74) is 6.59. The van der Waals surface area contributed by atoms with E-state index in [1.54, 1.807) is 6.20 Å². The van der Waals surface area contributed by atoms with E-state index < -0.39 is 0 Å². The zero-order valence-electron chi connectivity index (χ0n) is 21.5. The number of hydrogen-bond donors (Lipinski definition) is 1. The minimum atomic E-state index is 0.308. The van der Waals surface area contributed by atoms with Crippen LogP contribution >= 0.6 is 0 Å². The van der Waals surface area contributed by atoms with Crippen molar-refractivity contribution >= 4 is 11.6 Å². The molecule has 0 radical (unpaired) electrons. The van der Waals surface area contributed by atoms with Crippen LogP contribution in [0.1, 0.15) is 74.5 Å². The minimum Gasteiger partial charge on any atom is -0.350 e. The van der Waals surface area contributed by atoms with Crippen LogP contribution in [0.25, 0.3) is 22.7 Å². The van der Waals surface area contributed by atoms with Crippen LogP contribution in [-0.4, -0.2) is 29.4 Å². The van der Waals surface area contributed by atoms with Gasteiger partial charge >= 0.3 is 0 Å². The summed E-state index contributed by atoms with van der Waals surface area (Å²) in [5.74, 6) is 2.36. The molecule has 188 valence electrons. The molecule has 1 N–H and O–H groups in total. The number of hydrogen-bond acceptors (Lipinski definition) is 5. The lowest BCUT2D eigenvalue weighted by Gasteiger charge is -2.22. The van der Waals surface area contributed by atoms with Gasteiger partial charge in [-0.25, -0.2) is 9.67 Å². The first-order chi connectivity index (χ1) is 18.2. The number of fused-ring (bicyclic) bond motifs is 1. The zero-order valence-corrected chi connectivity index (χ0v) is 21.5. The molecule has 1 aliphatic carbocycles. The SMILES string of the molecule is CC(C)c1cnn2c(NCc3ccccc3-n3cccn3)nc(-c3cccc(C4CCCCC4)c3)nc12. The zero-order chi connectivity index (χ0) is 25.2. The van der Waals surface area contributed by atoms with Crippen LogP contribution in [0, 0.1) is 0 Å². The number of aromatic nitrogens is 6. The maximum Gasteiger partial charge on any atom is 0.228 e. The topological polar surface area (TPSA) is 72.9 Å². The number of nitrogens with one attached hydrogen (secondary N) is 1. The number of nitrogens with zero attached hydrogens (tertiary/aromatic N) is 6. The second-order valence-corrected chi connectivity index (χ2v) is 10.3. The first kappa shape index (κ1) is 23.4. The van der Waals surface area contributed by atoms with Gasteiger partial charge in [-0.15, -0.1) is 0 Å². The van der Waals surface area contributed by atoms with E-state index in [1.807, 2.05) is 39.8 Å². The lowest BCUT2D eigenvalue weighted by atomic mass is 9.83. The Labute approximate surface area is 217 Å². The van der Waals surface area contributed by atoms with Crippen molar-refractivity contribution < 1.29 is 0 Å². The summed E-state index contributed by atoms with van der Waals surface area (Å²) < 4.78 is 3.72. The molecule has 0 spiro atoms. The van der Waals surface area contributed by atoms with Gasteiger partial charge in [0.05, 0.1) is 11.9 Å². The Balaban J connectivity index is 1.38. The first-order valence-corrected chi connectivity index (χ1v) is 13.3. The second-order valence-electron chi connectivity index (χ2n) is 10.3. The highest BCUT2D eigenvalue weighted by Crippen LogP contribution is 2.34. The van der Waals surface area contributed by atoms with Gasteiger partial charge in [-0.3, -0.25) is 0 Å². The van der Waals surface area contributed by atoms with Gasteiger partial charge in [0.1, 0.15) is 0 Å². The molecule has 37 heavy (non-hydrogen) atoms. The summed E-state index contributed by atoms with van der Waals surface area (Å²) in [6.45, 7) is 4.94. The van der Waals surface area contributed by atoms with Crippen LogP contribution in [-0.2, 0) is 6.54 Å². The largest absolute Gasteiger partial charge is 0.350 e. The Morgan fingerprint density at radius 1 is 0.946 bits per heavy atom. The molecule has 0 bridgehead atoms. The third kappa shape index (κ3) is 4.73. The third-order valence-corrected chi connectivity index (χ3v) is 7.42. The van der Waals surface area contributed by atoms with Crippen LogP contribution in [0.4, 0.5) is 5.95 Å². The van der Waals surface area contributed by atoms with Gasteiger partial charge in [-0.2, -0.15) is 19.7 Å². The molecule has 7 heteroatoms. The highest BCUT2D eigenvalue weighted by atomic mass is 15.3. The standard InChI is InChI=1S/C30H33N7/c1-21(2)26-20-33-37-29(26)34-28(24-14-8-13-23(18-24)22-10-4-3-5-11-22)35-30(37)31-19-25-12-6-7-15-27(25)36-17-9-16-32-36/h6-9,12-18,20-22H,3-5,10-11,19H2,1-2H3,(H,31,34,35). The van der Waals surface area contributed by atoms with E-state index in [0.29, 0.717) is 24.3 Å². The quantitative estimate of drug-likeness (QED) is 0.272. The van der Waals surface area contributed by atoms with Gasteiger partial charge < -0.3 is 5.32 Å². The van der Waals surface area contributed by atoms with Crippen molar-refractivity contribution in [2.24, 2.45) is 0 Å². The fourth-order valence-electron chi connectivity index (χ4n) is 5.38. The summed E-state index contributed by atoms with van der Waals surface area (Å²) in [5, 5.41) is 12.6. The highest BCUT2D eigenvalue weighted by molar-refractivity contribution is 5.63. The predicted octanol–water partition coefficient (Wildman–Crippen LogP) is 6.76. The van der Waals surface area contributed by atoms with Crippen molar-refractivity contribution in [3.05, 3.63) is 89.9 Å². The summed E-state index contributed by atoms with van der Waals surface area (Å²) in [4.78, 5) is 10.0. The smallest absolute Gasteiger partial charge is 0.228 e. The summed E-state index contributed by atoms with van der Waals surface area (Å²) in [6.07, 6.45) is 12.2. The minimum absolute atomic E-state index is 0.308. The van der Waals surface area contributed by atoms with Gasteiger partial charge in [0.15, 0.2) is 11.5 Å². The van der Waals surface area contributed by atoms with Crippen molar-refractivity contribution in [1.82, 2.24) is 29.4 Å². The van der Waals surface area contributed by atoms with E-state index in [0.717, 1.165) is 33.8 Å². The van der Waals surface area contributed by atoms with Gasteiger partial charge in [-0.05, 0) is 54.0 Å². The van der Waals surface area contributed by atoms with E-state index in [2.05, 4.69) is 65.8 Å². The summed E-state index contributed by atoms with van der Waals surface area (Å²) in [6, 6.07) is 19.0. The van der Waals surface area contributed by atoms with Crippen molar-refractivity contribution in [1.29, 1.82) is 0 Å². The molecule has 3 heterocycles. The summed E-state index contributed by atoms with van der Waals surface area (Å²) >= 11 is 0. The molecule has 0 amide bonds.